The van der Waals surface area contributed by atoms with Crippen molar-refractivity contribution in [3.8, 4) is 40.5 Å². The molecule has 1 amide bonds. The number of aryl methyl sites for hydroxylation is 5. The summed E-state index contributed by atoms with van der Waals surface area (Å²) in [4.78, 5) is 51.6. The number of hydrogen-bond donors (Lipinski definition) is 7. The number of nitro groups is 2. The van der Waals surface area contributed by atoms with Gasteiger partial charge in [-0.1, -0.05) is 130 Å². The van der Waals surface area contributed by atoms with Crippen LogP contribution >= 0.6 is 103 Å². The monoisotopic (exact) mass is 1580 g/mol. The zero-order valence-electron chi connectivity index (χ0n) is 69.2. The van der Waals surface area contributed by atoms with Gasteiger partial charge in [0.2, 0.25) is 17.7 Å². The number of nitrogens with zero attached hydrogens (tertiary/aromatic N) is 7. The molecule has 0 bridgehead atoms. The van der Waals surface area contributed by atoms with Gasteiger partial charge in [-0.15, -0.1) is 25.5 Å². The molecule has 0 fully saturated rings. The van der Waals surface area contributed by atoms with Crippen molar-refractivity contribution in [1.82, 2.24) is 30.6 Å². The predicted molar refractivity (Wildman–Crippen MR) is 382 cm³/mol. The quantitative estimate of drug-likeness (QED) is 0.0167. The Morgan fingerprint density at radius 3 is 1.45 bits per heavy atom. The van der Waals surface area contributed by atoms with Crippen LogP contribution in [0.4, 0.5) is 28.4 Å². The van der Waals surface area contributed by atoms with Crippen molar-refractivity contribution in [3.63, 3.8) is 0 Å². The molecule has 0 radical (unpaired) electrons. The number of benzene rings is 5. The van der Waals surface area contributed by atoms with E-state index in [9.17, 15) is 29.8 Å². The number of rotatable bonds is 10. The maximum absolute atomic E-state index is 12.1. The number of aromatic hydroxyl groups is 3. The van der Waals surface area contributed by atoms with E-state index in [1.54, 1.807) is 52.8 Å². The third-order valence-electron chi connectivity index (χ3n) is 10.6. The molecule has 0 unspecified atom stereocenters. The maximum atomic E-state index is 12.1. The Morgan fingerprint density at radius 2 is 1.00 bits per heavy atom. The van der Waals surface area contributed by atoms with Gasteiger partial charge in [-0.2, -0.15) is 8.42 Å². The molecule has 26 nitrogen and oxygen atoms in total. The van der Waals surface area contributed by atoms with E-state index < -0.39 is 94.1 Å². The van der Waals surface area contributed by atoms with Crippen LogP contribution in [0.15, 0.2) is 89.7 Å². The number of ether oxygens (including phenoxy) is 2. The summed E-state index contributed by atoms with van der Waals surface area (Å²) in [5, 5.41) is 79.1. The smallest absolute Gasteiger partial charge is 0.550 e. The molecule has 5 aromatic carbocycles. The van der Waals surface area contributed by atoms with E-state index in [1.807, 2.05) is 0 Å². The summed E-state index contributed by atoms with van der Waals surface area (Å²) in [6, 6.07) is 18.8. The van der Waals surface area contributed by atoms with Crippen molar-refractivity contribution < 1.29 is 112 Å². The fourth-order valence-electron chi connectivity index (χ4n) is 6.43. The minimum atomic E-state index is -3.72. The number of phenols is 3. The summed E-state index contributed by atoms with van der Waals surface area (Å²) in [6.07, 6.45) is 0. The molecule has 0 aliphatic heterocycles. The van der Waals surface area contributed by atoms with Gasteiger partial charge < -0.3 is 51.5 Å². The van der Waals surface area contributed by atoms with Crippen LogP contribution in [0.5, 0.6) is 40.5 Å². The molecule has 528 valence electrons. The number of nitro benzene ring substituents is 2. The number of nitrogens with two attached hydrogens (primary N) is 2. The Morgan fingerprint density at radius 1 is 0.592 bits per heavy atom. The fourth-order valence-corrected chi connectivity index (χ4v) is 8.15. The number of hydrogen-bond acceptors (Lipinski definition) is 22. The SMILES string of the molecule is C.CC(=O)[O-].Cc1cc(N)cc(Cl)c1O.Cc1cc([N+](=O)[O-])cc(Cl)c1O.Cc1cc([N+](=O)[O-])ccc1O.O=S(=O)(Cl)Cl.[2H]C([2H])([2H])C(c1cc(Cl)nnc1Cl)C([2H])([2H])[2H].[2H]C([2H])([2H])C(c1cc(Oc2c(C)cc(N)cc2Cl)nnc1Cl)C([2H])([2H])[2H].[2H]C([2H])([2H])C(c1cc(Oc2c(C)cc(NC(C)=O)cc2Cl)n[nH]c1=O)C([2H])([2H])[2H].[Na+]. The van der Waals surface area contributed by atoms with Gasteiger partial charge in [0, 0.05) is 118 Å². The summed E-state index contributed by atoms with van der Waals surface area (Å²) in [5.74, 6) is -6.90. The molecule has 9 N–H and O–H groups in total. The fraction of sp³-hybridized carbons (Fsp3) is 0.279. The molecule has 0 spiro atoms. The van der Waals surface area contributed by atoms with Crippen LogP contribution in [0.3, 0.4) is 0 Å². The number of aromatic amines is 1. The zero-order valence-corrected chi connectivity index (χ0v) is 60.8. The molecule has 98 heavy (non-hydrogen) atoms. The number of halogens is 9. The van der Waals surface area contributed by atoms with Crippen LogP contribution in [0, 0.1) is 54.8 Å². The second kappa shape index (κ2) is 44.2. The molecule has 0 saturated carbocycles. The average Bonchev–Trinajstić information content (AvgIpc) is 0.765. The molecule has 0 atom stereocenters. The molecule has 8 rings (SSSR count). The van der Waals surface area contributed by atoms with E-state index in [4.69, 9.17) is 160 Å². The van der Waals surface area contributed by atoms with Gasteiger partial charge in [-0.25, -0.2) is 5.10 Å². The van der Waals surface area contributed by atoms with Gasteiger partial charge in [0.25, 0.3) is 16.9 Å². The summed E-state index contributed by atoms with van der Waals surface area (Å²) in [5.41, 5.74) is 13.4. The normalized spacial score (nSPS) is 13.5. The molecular weight excluding hydrogens is 1500 g/mol. The maximum Gasteiger partial charge on any atom is 1.00 e. The summed E-state index contributed by atoms with van der Waals surface area (Å²) in [7, 11) is 4.81. The van der Waals surface area contributed by atoms with E-state index in [-0.39, 0.29) is 136 Å². The molecule has 3 heterocycles. The van der Waals surface area contributed by atoms with Crippen LogP contribution in [0.2, 0.25) is 35.5 Å². The van der Waals surface area contributed by atoms with E-state index >= 15 is 0 Å². The standard InChI is InChI=1S/C16H18ClN3O3.C14H15Cl2N3O.C7H8Cl2N2.C7H6ClNO3.C7H8ClNO.C7H7NO3.C2H4O2.CH4.Cl2O2S.Na/c1-8(2)12-7-14(19-20-16(12)22)23-15-9(3)5-11(6-13(15)17)18-10(4)21;1-7(2)10-6-12(18-19-14(10)16)20-13-8(3)4-9(17)5-11(13)15;1-4(2)5-3-6(8)10-11-7(5)9;1-4-2-5(9(11)12)3-6(8)7(4)10;1-4-2-5(9)3-6(8)7(4)10;1-5-4-6(8(10)11)2-3-7(5)9;1-2(3)4;;1-5(2,3)4;/h5-8H,1-4H3,(H,18,21)(H,20,22);4-7H,17H2,1-3H3;3-4H,1-2H3;2-3,10H,1H3;2-3,10H,9H2,1H3;2-4,9H,1H3;1H3,(H,3,4);1H4;;/q;;;;;;;;;+1/p-1/i3*1D3,2D3;;;;;;;. The molecular formula is C61H69Cl9N11NaO15S. The number of carboxylic acids is 1. The molecule has 37 heteroatoms. The largest absolute Gasteiger partial charge is 1.00 e. The first-order chi connectivity index (χ1) is 51.5. The van der Waals surface area contributed by atoms with Crippen molar-refractivity contribution in [1.29, 1.82) is 0 Å². The number of carbonyl (C=O) groups excluding carboxylic acids is 2. The minimum Gasteiger partial charge on any atom is -0.550 e. The number of carboxylic acid groups (broad SMARTS) is 1. The van der Waals surface area contributed by atoms with Gasteiger partial charge in [0.1, 0.15) is 17.2 Å². The number of non-ortho nitro benzene ring substituents is 2. The van der Waals surface area contributed by atoms with Gasteiger partial charge >= 0.3 is 37.8 Å². The van der Waals surface area contributed by atoms with Crippen molar-refractivity contribution in [2.45, 2.75) is 115 Å². The van der Waals surface area contributed by atoms with Crippen LogP contribution < -0.4 is 66.5 Å². The zero-order chi connectivity index (χ0) is 89.0. The summed E-state index contributed by atoms with van der Waals surface area (Å²) in [6.45, 7) is -6.46. The third kappa shape index (κ3) is 34.7. The van der Waals surface area contributed by atoms with E-state index in [2.05, 4.69) is 57.3 Å². The summed E-state index contributed by atoms with van der Waals surface area (Å²) >= 11 is 40.5. The van der Waals surface area contributed by atoms with Crippen LogP contribution in [-0.2, 0) is 17.9 Å². The van der Waals surface area contributed by atoms with Crippen molar-refractivity contribution >= 4 is 151 Å². The van der Waals surface area contributed by atoms with E-state index in [0.29, 0.717) is 49.9 Å². The molecule has 0 aliphatic carbocycles. The van der Waals surface area contributed by atoms with Crippen LogP contribution in [-0.4, -0.2) is 76.1 Å². The minimum absolute atomic E-state index is 0. The van der Waals surface area contributed by atoms with E-state index in [0.717, 1.165) is 31.2 Å². The molecule has 3 aromatic heterocycles. The van der Waals surface area contributed by atoms with E-state index in [1.165, 1.54) is 49.4 Å². The second-order valence-corrected chi connectivity index (χ2v) is 24.8. The van der Waals surface area contributed by atoms with Crippen molar-refractivity contribution in [2.75, 3.05) is 16.8 Å². The average molecular weight is 1590 g/mol. The number of aliphatic carboxylic acids is 1. The number of H-pyrrole nitrogens is 1. The Hall–Kier alpha value is -6.96. The summed E-state index contributed by atoms with van der Waals surface area (Å²) < 4.78 is 164. The Balaban J connectivity index is 0. The van der Waals surface area contributed by atoms with Gasteiger partial charge in [0.15, 0.2) is 27.0 Å². The molecule has 0 saturated heterocycles. The van der Waals surface area contributed by atoms with Gasteiger partial charge in [-0.3, -0.25) is 29.8 Å². The number of anilines is 3. The first-order valence-corrected chi connectivity index (χ1v) is 31.2. The van der Waals surface area contributed by atoms with Crippen LogP contribution in [0.1, 0.15) is 149 Å². The first-order valence-electron chi connectivity index (χ1n) is 34.5. The number of aromatic nitrogens is 6. The van der Waals surface area contributed by atoms with Gasteiger partial charge in [0.05, 0.1) is 29.9 Å². The van der Waals surface area contributed by atoms with Crippen molar-refractivity contribution in [3.05, 3.63) is 196 Å². The third-order valence-corrected chi connectivity index (χ3v) is 12.5. The molecule has 0 aliphatic rings. The topological polar surface area (TPSA) is 418 Å². The number of nitrogen functional groups attached to an aromatic ring is 2. The Labute approximate surface area is 657 Å². The predicted octanol–water partition coefficient (Wildman–Crippen LogP) is 14.0. The molecule has 8 aromatic rings. The second-order valence-electron chi connectivity index (χ2n) is 18.4. The van der Waals surface area contributed by atoms with Gasteiger partial charge in [-0.05, 0) is 147 Å². The Kier molecular flexibility index (Phi) is 29.1. The van der Waals surface area contributed by atoms with Crippen molar-refractivity contribution in [2.24, 2.45) is 0 Å². The number of nitrogens with one attached hydrogen (secondary N) is 2. The Bertz CT molecular complexity index is 4790. The number of carbonyl (C=O) groups is 2. The number of amides is 1. The van der Waals surface area contributed by atoms with Crippen LogP contribution in [0.25, 0.3) is 0 Å². The first kappa shape index (κ1) is 64.4. The number of phenolic OH excluding ortho intramolecular Hbond substituents is 3.